The summed E-state index contributed by atoms with van der Waals surface area (Å²) >= 11 is 0. The van der Waals surface area contributed by atoms with Crippen LogP contribution in [0, 0.1) is 5.92 Å². The number of likely N-dealkylation sites (N-methyl/N-ethyl adjacent to an activating group) is 1. The van der Waals surface area contributed by atoms with Crippen LogP contribution in [0.15, 0.2) is 54.6 Å². The van der Waals surface area contributed by atoms with Gasteiger partial charge in [-0.15, -0.1) is 0 Å². The third kappa shape index (κ3) is 3.26. The van der Waals surface area contributed by atoms with Gasteiger partial charge in [0.1, 0.15) is 0 Å². The Labute approximate surface area is 160 Å². The van der Waals surface area contributed by atoms with Crippen LogP contribution in [0.1, 0.15) is 29.7 Å². The lowest BCUT2D eigenvalue weighted by atomic mass is 9.80. The summed E-state index contributed by atoms with van der Waals surface area (Å²) in [5, 5.41) is 1.26. The van der Waals surface area contributed by atoms with Crippen molar-refractivity contribution in [2.24, 2.45) is 5.92 Å². The normalized spacial score (nSPS) is 20.7. The van der Waals surface area contributed by atoms with Crippen LogP contribution in [0.4, 0.5) is 0 Å². The van der Waals surface area contributed by atoms with E-state index in [1.165, 1.54) is 18.1 Å². The second-order valence-corrected chi connectivity index (χ2v) is 7.22. The molecular weight excluding hydrogens is 336 g/mol. The van der Waals surface area contributed by atoms with E-state index in [-0.39, 0.29) is 17.8 Å². The van der Waals surface area contributed by atoms with Crippen LogP contribution < -0.4 is 0 Å². The first-order chi connectivity index (χ1) is 13.2. The van der Waals surface area contributed by atoms with Gasteiger partial charge in [0.25, 0.3) is 0 Å². The molecule has 2 unspecified atom stereocenters. The third-order valence-electron chi connectivity index (χ3n) is 5.80. The van der Waals surface area contributed by atoms with Crippen molar-refractivity contribution in [3.63, 3.8) is 0 Å². The number of aromatic nitrogens is 1. The van der Waals surface area contributed by atoms with E-state index in [0.29, 0.717) is 6.54 Å². The fraction of sp³-hybridized carbons (Fsp3) is 0.348. The van der Waals surface area contributed by atoms with Crippen molar-refractivity contribution in [2.45, 2.75) is 19.3 Å². The number of fused-ring (bicyclic) bond motifs is 3. The molecule has 0 spiro atoms. The summed E-state index contributed by atoms with van der Waals surface area (Å²) in [4.78, 5) is 18.9. The predicted octanol–water partition coefficient (Wildman–Crippen LogP) is 3.97. The van der Waals surface area contributed by atoms with Gasteiger partial charge in [-0.1, -0.05) is 55.5 Å². The monoisotopic (exact) mass is 362 g/mol. The number of hydrogen-bond acceptors (Lipinski definition) is 3. The second kappa shape index (κ2) is 7.57. The lowest BCUT2D eigenvalue weighted by Crippen LogP contribution is -2.40. The lowest BCUT2D eigenvalue weighted by molar-refractivity contribution is -0.146. The van der Waals surface area contributed by atoms with Crippen molar-refractivity contribution in [2.75, 3.05) is 26.7 Å². The Balaban J connectivity index is 1.95. The highest BCUT2D eigenvalue weighted by atomic mass is 16.5. The number of benzene rings is 2. The van der Waals surface area contributed by atoms with Gasteiger partial charge in [0.05, 0.1) is 13.0 Å². The summed E-state index contributed by atoms with van der Waals surface area (Å²) in [6.45, 7) is 4.73. The van der Waals surface area contributed by atoms with Gasteiger partial charge in [-0.3, -0.25) is 4.79 Å². The molecule has 0 amide bonds. The molecule has 4 heteroatoms. The number of carbonyl (C=O) groups is 1. The average molecular weight is 362 g/mol. The SMILES string of the molecule is CCN1CCc2c([nH]c3ccccc23)C(c2ccccc2)C(C(=O)OC)C1. The van der Waals surface area contributed by atoms with E-state index in [1.54, 1.807) is 0 Å². The Morgan fingerprint density at radius 2 is 1.89 bits per heavy atom. The Morgan fingerprint density at radius 3 is 2.63 bits per heavy atom. The first kappa shape index (κ1) is 17.8. The molecular formula is C23H26N2O2. The van der Waals surface area contributed by atoms with Crippen molar-refractivity contribution in [1.29, 1.82) is 0 Å². The van der Waals surface area contributed by atoms with Gasteiger partial charge in [0.2, 0.25) is 0 Å². The molecule has 0 bridgehead atoms. The molecule has 1 aliphatic rings. The summed E-state index contributed by atoms with van der Waals surface area (Å²) in [6.07, 6.45) is 0.977. The summed E-state index contributed by atoms with van der Waals surface area (Å²) in [5.41, 5.74) is 4.77. The van der Waals surface area contributed by atoms with E-state index < -0.39 is 0 Å². The minimum Gasteiger partial charge on any atom is -0.469 e. The number of para-hydroxylation sites is 1. The number of hydrogen-bond donors (Lipinski definition) is 1. The second-order valence-electron chi connectivity index (χ2n) is 7.22. The zero-order chi connectivity index (χ0) is 18.8. The quantitative estimate of drug-likeness (QED) is 0.717. The fourth-order valence-corrected chi connectivity index (χ4v) is 4.41. The van der Waals surface area contributed by atoms with E-state index in [0.717, 1.165) is 36.3 Å². The zero-order valence-electron chi connectivity index (χ0n) is 15.9. The van der Waals surface area contributed by atoms with Crippen LogP contribution in [0.2, 0.25) is 0 Å². The first-order valence-corrected chi connectivity index (χ1v) is 9.67. The summed E-state index contributed by atoms with van der Waals surface area (Å²) in [5.74, 6) is -0.436. The molecule has 0 saturated heterocycles. The molecule has 1 aromatic heterocycles. The molecule has 0 fully saturated rings. The number of nitrogens with zero attached hydrogens (tertiary/aromatic N) is 1. The molecule has 140 valence electrons. The zero-order valence-corrected chi connectivity index (χ0v) is 15.9. The van der Waals surface area contributed by atoms with Gasteiger partial charge in [-0.05, 0) is 30.2 Å². The Kier molecular flexibility index (Phi) is 4.99. The Hall–Kier alpha value is -2.59. The number of methoxy groups -OCH3 is 1. The van der Waals surface area contributed by atoms with Crippen molar-refractivity contribution >= 4 is 16.9 Å². The summed E-state index contributed by atoms with van der Waals surface area (Å²) in [7, 11) is 1.49. The number of carbonyl (C=O) groups excluding carboxylic acids is 1. The first-order valence-electron chi connectivity index (χ1n) is 9.67. The number of rotatable bonds is 3. The predicted molar refractivity (Wildman–Crippen MR) is 108 cm³/mol. The summed E-state index contributed by atoms with van der Waals surface area (Å²) in [6, 6.07) is 18.8. The van der Waals surface area contributed by atoms with E-state index in [4.69, 9.17) is 4.74 Å². The van der Waals surface area contributed by atoms with E-state index >= 15 is 0 Å². The number of aromatic amines is 1. The molecule has 0 aliphatic carbocycles. The number of ether oxygens (including phenoxy) is 1. The minimum atomic E-state index is -0.246. The van der Waals surface area contributed by atoms with Crippen molar-refractivity contribution in [3.05, 3.63) is 71.4 Å². The maximum Gasteiger partial charge on any atom is 0.310 e. The molecule has 3 aromatic rings. The van der Waals surface area contributed by atoms with Gasteiger partial charge in [0, 0.05) is 35.6 Å². The van der Waals surface area contributed by atoms with Crippen LogP contribution in [-0.4, -0.2) is 42.6 Å². The van der Waals surface area contributed by atoms with Crippen molar-refractivity contribution in [1.82, 2.24) is 9.88 Å². The van der Waals surface area contributed by atoms with E-state index in [9.17, 15) is 4.79 Å². The van der Waals surface area contributed by atoms with Crippen molar-refractivity contribution < 1.29 is 9.53 Å². The average Bonchev–Trinajstić information content (AvgIpc) is 3.06. The van der Waals surface area contributed by atoms with Gasteiger partial charge in [-0.25, -0.2) is 0 Å². The van der Waals surface area contributed by atoms with Gasteiger partial charge in [-0.2, -0.15) is 0 Å². The summed E-state index contributed by atoms with van der Waals surface area (Å²) < 4.78 is 5.24. The highest BCUT2D eigenvalue weighted by Crippen LogP contribution is 2.39. The smallest absolute Gasteiger partial charge is 0.310 e. The molecule has 4 rings (SSSR count). The molecule has 1 aliphatic heterocycles. The number of nitrogens with one attached hydrogen (secondary N) is 1. The maximum absolute atomic E-state index is 12.8. The lowest BCUT2D eigenvalue weighted by Gasteiger charge is -2.33. The van der Waals surface area contributed by atoms with E-state index in [1.807, 2.05) is 18.2 Å². The number of esters is 1. The van der Waals surface area contributed by atoms with E-state index in [2.05, 4.69) is 53.2 Å². The van der Waals surface area contributed by atoms with Gasteiger partial charge in [0.15, 0.2) is 0 Å². The molecule has 2 atom stereocenters. The van der Waals surface area contributed by atoms with Gasteiger partial charge >= 0.3 is 5.97 Å². The molecule has 0 radical (unpaired) electrons. The van der Waals surface area contributed by atoms with Crippen LogP contribution in [0.25, 0.3) is 10.9 Å². The fourth-order valence-electron chi connectivity index (χ4n) is 4.41. The Morgan fingerprint density at radius 1 is 1.15 bits per heavy atom. The molecule has 27 heavy (non-hydrogen) atoms. The van der Waals surface area contributed by atoms with Crippen LogP contribution in [0.3, 0.4) is 0 Å². The minimum absolute atomic E-state index is 0.0459. The largest absolute Gasteiger partial charge is 0.469 e. The molecule has 0 saturated carbocycles. The molecule has 1 N–H and O–H groups in total. The maximum atomic E-state index is 12.8. The van der Waals surface area contributed by atoms with Crippen LogP contribution in [-0.2, 0) is 16.0 Å². The van der Waals surface area contributed by atoms with Gasteiger partial charge < -0.3 is 14.6 Å². The van der Waals surface area contributed by atoms with Crippen molar-refractivity contribution in [3.8, 4) is 0 Å². The highest BCUT2D eigenvalue weighted by Gasteiger charge is 2.37. The molecule has 4 nitrogen and oxygen atoms in total. The topological polar surface area (TPSA) is 45.3 Å². The molecule has 2 heterocycles. The van der Waals surface area contributed by atoms with Crippen LogP contribution in [0.5, 0.6) is 0 Å². The third-order valence-corrected chi connectivity index (χ3v) is 5.80. The highest BCUT2D eigenvalue weighted by molar-refractivity contribution is 5.86. The van der Waals surface area contributed by atoms with Crippen LogP contribution >= 0.6 is 0 Å². The standard InChI is InChI=1S/C23H26N2O2/c1-3-25-14-13-18-17-11-7-8-12-20(17)24-22(18)21(16-9-5-4-6-10-16)19(15-25)23(26)27-2/h4-12,19,21,24H,3,13-15H2,1-2H3. The Bertz CT molecular complexity index is 932. The molecule has 2 aromatic carbocycles. The number of H-pyrrole nitrogens is 1.